The first-order valence-electron chi connectivity index (χ1n) is 5.21. The Morgan fingerprint density at radius 1 is 1.22 bits per heavy atom. The van der Waals surface area contributed by atoms with Gasteiger partial charge in [0.2, 0.25) is 0 Å². The molecular weight excluding hydrogens is 254 g/mol. The number of carboxylic acid groups (broad SMARTS) is 1. The maximum absolute atomic E-state index is 11.3. The Morgan fingerprint density at radius 2 is 1.94 bits per heavy atom. The molecule has 4 nitrogen and oxygen atoms in total. The van der Waals surface area contributed by atoms with Crippen LogP contribution in [-0.2, 0) is 0 Å². The maximum atomic E-state index is 11.3. The molecule has 0 aliphatic rings. The molecule has 0 fully saturated rings. The van der Waals surface area contributed by atoms with E-state index < -0.39 is 11.5 Å². The lowest BCUT2D eigenvalue weighted by molar-refractivity contribution is 0.0695. The van der Waals surface area contributed by atoms with Crippen molar-refractivity contribution in [2.75, 3.05) is 0 Å². The van der Waals surface area contributed by atoms with Gasteiger partial charge in [0.15, 0.2) is 0 Å². The first-order chi connectivity index (χ1) is 8.47. The zero-order chi connectivity index (χ0) is 13.3. The summed E-state index contributed by atoms with van der Waals surface area (Å²) in [6.45, 7) is 1.89. The van der Waals surface area contributed by atoms with Crippen molar-refractivity contribution in [2.24, 2.45) is 0 Å². The zero-order valence-corrected chi connectivity index (χ0v) is 10.3. The molecule has 2 aromatic rings. The molecule has 0 aliphatic carbocycles. The van der Waals surface area contributed by atoms with E-state index in [1.54, 1.807) is 12.1 Å². The van der Waals surface area contributed by atoms with Crippen LogP contribution in [0.15, 0.2) is 35.3 Å². The monoisotopic (exact) mass is 263 g/mol. The molecule has 2 rings (SSSR count). The molecule has 0 amide bonds. The van der Waals surface area contributed by atoms with E-state index in [2.05, 4.69) is 4.98 Å². The number of carbonyl (C=O) groups is 1. The number of aromatic carboxylic acids is 1. The number of aryl methyl sites for hydroxylation is 1. The zero-order valence-electron chi connectivity index (χ0n) is 9.53. The van der Waals surface area contributed by atoms with Gasteiger partial charge >= 0.3 is 5.97 Å². The van der Waals surface area contributed by atoms with Gasteiger partial charge in [0.25, 0.3) is 5.56 Å². The first kappa shape index (κ1) is 12.4. The van der Waals surface area contributed by atoms with Gasteiger partial charge in [-0.05, 0) is 41.8 Å². The molecule has 0 radical (unpaired) electrons. The lowest BCUT2D eigenvalue weighted by Gasteiger charge is -2.05. The Bertz CT molecular complexity index is 656. The summed E-state index contributed by atoms with van der Waals surface area (Å²) in [6.07, 6.45) is 1.47. The largest absolute Gasteiger partial charge is 0.477 e. The Labute approximate surface area is 108 Å². The van der Waals surface area contributed by atoms with Crippen LogP contribution >= 0.6 is 11.6 Å². The van der Waals surface area contributed by atoms with Crippen LogP contribution in [0.3, 0.4) is 0 Å². The number of H-pyrrole nitrogens is 1. The molecule has 0 unspecified atom stereocenters. The molecule has 1 heterocycles. The number of halogens is 1. The normalized spacial score (nSPS) is 10.3. The number of aromatic nitrogens is 1. The Morgan fingerprint density at radius 3 is 2.56 bits per heavy atom. The van der Waals surface area contributed by atoms with Gasteiger partial charge < -0.3 is 10.1 Å². The molecule has 92 valence electrons. The van der Waals surface area contributed by atoms with Crippen LogP contribution in [-0.4, -0.2) is 16.1 Å². The van der Waals surface area contributed by atoms with Gasteiger partial charge in [-0.25, -0.2) is 4.79 Å². The van der Waals surface area contributed by atoms with Crippen molar-refractivity contribution in [3.8, 4) is 11.1 Å². The number of hydrogen-bond acceptors (Lipinski definition) is 2. The third-order valence-corrected chi connectivity index (χ3v) is 2.73. The first-order valence-corrected chi connectivity index (χ1v) is 5.59. The Balaban J connectivity index is 2.61. The minimum absolute atomic E-state index is 0.287. The van der Waals surface area contributed by atoms with E-state index >= 15 is 0 Å². The van der Waals surface area contributed by atoms with Crippen molar-refractivity contribution in [3.05, 3.63) is 57.0 Å². The predicted molar refractivity (Wildman–Crippen MR) is 69.2 cm³/mol. The number of carboxylic acids is 1. The van der Waals surface area contributed by atoms with Gasteiger partial charge in [-0.2, -0.15) is 0 Å². The van der Waals surface area contributed by atoms with Crippen LogP contribution in [0.5, 0.6) is 0 Å². The smallest absolute Gasteiger partial charge is 0.341 e. The number of pyridine rings is 1. The summed E-state index contributed by atoms with van der Waals surface area (Å²) < 4.78 is 0. The van der Waals surface area contributed by atoms with Crippen LogP contribution in [0.1, 0.15) is 15.9 Å². The van der Waals surface area contributed by atoms with Gasteiger partial charge in [-0.3, -0.25) is 4.79 Å². The van der Waals surface area contributed by atoms with Crippen molar-refractivity contribution in [1.82, 2.24) is 4.98 Å². The molecule has 1 aromatic heterocycles. The Hall–Kier alpha value is -2.07. The summed E-state index contributed by atoms with van der Waals surface area (Å²) in [5, 5.41) is 9.46. The highest BCUT2D eigenvalue weighted by molar-refractivity contribution is 6.31. The Kier molecular flexibility index (Phi) is 3.21. The number of aromatic amines is 1. The summed E-state index contributed by atoms with van der Waals surface area (Å²) in [5.41, 5.74) is 1.42. The molecule has 18 heavy (non-hydrogen) atoms. The highest BCUT2D eigenvalue weighted by Crippen LogP contribution is 2.24. The molecule has 0 atom stereocenters. The third-order valence-electron chi connectivity index (χ3n) is 2.51. The molecule has 1 aromatic carbocycles. The van der Waals surface area contributed by atoms with Gasteiger partial charge in [0, 0.05) is 11.2 Å². The van der Waals surface area contributed by atoms with Gasteiger partial charge in [0.05, 0.1) is 0 Å². The van der Waals surface area contributed by atoms with Crippen molar-refractivity contribution >= 4 is 17.6 Å². The van der Waals surface area contributed by atoms with Crippen LogP contribution in [0.25, 0.3) is 11.1 Å². The predicted octanol–water partition coefficient (Wildman–Crippen LogP) is 2.70. The molecule has 0 saturated carbocycles. The summed E-state index contributed by atoms with van der Waals surface area (Å²) >= 11 is 5.95. The third kappa shape index (κ3) is 2.43. The van der Waals surface area contributed by atoms with E-state index in [1.807, 2.05) is 13.0 Å². The van der Waals surface area contributed by atoms with Crippen molar-refractivity contribution in [3.63, 3.8) is 0 Å². The lowest BCUT2D eigenvalue weighted by Crippen LogP contribution is -2.16. The van der Waals surface area contributed by atoms with Crippen molar-refractivity contribution in [1.29, 1.82) is 0 Å². The molecule has 5 heteroatoms. The van der Waals surface area contributed by atoms with Gasteiger partial charge in [-0.15, -0.1) is 0 Å². The quantitative estimate of drug-likeness (QED) is 0.875. The second-order valence-electron chi connectivity index (χ2n) is 3.95. The van der Waals surface area contributed by atoms with E-state index in [1.165, 1.54) is 12.3 Å². The number of benzene rings is 1. The van der Waals surface area contributed by atoms with Gasteiger partial charge in [0.1, 0.15) is 5.56 Å². The fraction of sp³-hybridized carbons (Fsp3) is 0.0769. The highest BCUT2D eigenvalue weighted by Gasteiger charge is 2.10. The molecule has 2 N–H and O–H groups in total. The standard InChI is InChI=1S/C13H10ClNO3/c1-7-2-8(4-10(14)3-7)9-5-11(13(17)18)12(16)15-6-9/h2-6H,1H3,(H,15,16)(H,17,18). The minimum Gasteiger partial charge on any atom is -0.477 e. The summed E-state index contributed by atoms with van der Waals surface area (Å²) in [7, 11) is 0. The minimum atomic E-state index is -1.25. The van der Waals surface area contributed by atoms with Crippen molar-refractivity contribution < 1.29 is 9.90 Å². The van der Waals surface area contributed by atoms with Crippen LogP contribution in [0.4, 0.5) is 0 Å². The van der Waals surface area contributed by atoms with E-state index in [0.29, 0.717) is 10.6 Å². The van der Waals surface area contributed by atoms with E-state index in [9.17, 15) is 9.59 Å². The number of hydrogen-bond donors (Lipinski definition) is 2. The van der Waals surface area contributed by atoms with E-state index in [0.717, 1.165) is 11.1 Å². The average Bonchev–Trinajstić information content (AvgIpc) is 2.27. The van der Waals surface area contributed by atoms with Crippen LogP contribution in [0.2, 0.25) is 5.02 Å². The lowest BCUT2D eigenvalue weighted by atomic mass is 10.0. The SMILES string of the molecule is Cc1cc(Cl)cc(-c2c[nH]c(=O)c(C(=O)O)c2)c1. The second-order valence-corrected chi connectivity index (χ2v) is 4.39. The highest BCUT2D eigenvalue weighted by atomic mass is 35.5. The molecular formula is C13H10ClNO3. The van der Waals surface area contributed by atoms with Crippen LogP contribution in [0, 0.1) is 6.92 Å². The van der Waals surface area contributed by atoms with E-state index in [-0.39, 0.29) is 5.56 Å². The summed E-state index contributed by atoms with van der Waals surface area (Å²) in [6, 6.07) is 6.72. The van der Waals surface area contributed by atoms with Gasteiger partial charge in [-0.1, -0.05) is 17.7 Å². The second kappa shape index (κ2) is 4.66. The maximum Gasteiger partial charge on any atom is 0.341 e. The fourth-order valence-corrected chi connectivity index (χ4v) is 2.00. The fourth-order valence-electron chi connectivity index (χ4n) is 1.71. The molecule has 0 saturated heterocycles. The van der Waals surface area contributed by atoms with Crippen molar-refractivity contribution in [2.45, 2.75) is 6.92 Å². The molecule has 0 bridgehead atoms. The summed E-state index contributed by atoms with van der Waals surface area (Å²) in [4.78, 5) is 24.6. The summed E-state index contributed by atoms with van der Waals surface area (Å²) in [5.74, 6) is -1.25. The molecule has 0 spiro atoms. The average molecular weight is 264 g/mol. The molecule has 0 aliphatic heterocycles. The van der Waals surface area contributed by atoms with Crippen LogP contribution < -0.4 is 5.56 Å². The van der Waals surface area contributed by atoms with E-state index in [4.69, 9.17) is 16.7 Å². The number of nitrogens with one attached hydrogen (secondary N) is 1. The number of rotatable bonds is 2. The topological polar surface area (TPSA) is 70.2 Å².